The molecule has 0 rings (SSSR count). The molecule has 0 bridgehead atoms. The van der Waals surface area contributed by atoms with Crippen molar-refractivity contribution in [1.29, 1.82) is 0 Å². The minimum Gasteiger partial charge on any atom is -0.322 e. The summed E-state index contributed by atoms with van der Waals surface area (Å²) in [5.41, 5.74) is -2.58. The Bertz CT molecular complexity index is 270. The van der Waals surface area contributed by atoms with E-state index >= 15 is 0 Å². The molecule has 88 valence electrons. The standard InChI is InChI=1S/C8H15O4PS2/c1-4-11-13(14,12-5-2)15-8(10)6-7(3)9/h4-6H2,1-3H3. The van der Waals surface area contributed by atoms with Gasteiger partial charge in [0.25, 0.3) is 5.69 Å². The average molecular weight is 270 g/mol. The topological polar surface area (TPSA) is 52.6 Å². The molecule has 0 atom stereocenters. The SMILES string of the molecule is CCOP(=S)(OCC)SC(=O)CC(C)=O. The van der Waals surface area contributed by atoms with E-state index < -0.39 is 5.69 Å². The first-order valence-electron chi connectivity index (χ1n) is 4.54. The van der Waals surface area contributed by atoms with Crippen LogP contribution >= 0.6 is 17.1 Å². The molecule has 0 saturated carbocycles. The van der Waals surface area contributed by atoms with Crippen LogP contribution in [0.3, 0.4) is 0 Å². The molecule has 0 aliphatic carbocycles. The third kappa shape index (κ3) is 7.19. The smallest absolute Gasteiger partial charge is 0.254 e. The van der Waals surface area contributed by atoms with Crippen molar-refractivity contribution in [2.45, 2.75) is 27.2 Å². The van der Waals surface area contributed by atoms with E-state index in [1.165, 1.54) is 6.92 Å². The Kier molecular flexibility index (Phi) is 7.65. The monoisotopic (exact) mass is 270 g/mol. The molecule has 0 aromatic carbocycles. The van der Waals surface area contributed by atoms with E-state index in [4.69, 9.17) is 20.9 Å². The van der Waals surface area contributed by atoms with Gasteiger partial charge in [-0.15, -0.1) is 0 Å². The molecule has 0 amide bonds. The van der Waals surface area contributed by atoms with E-state index in [1.54, 1.807) is 13.8 Å². The summed E-state index contributed by atoms with van der Waals surface area (Å²) in [6.45, 7) is 5.74. The number of hydrogen-bond donors (Lipinski definition) is 0. The van der Waals surface area contributed by atoms with Crippen LogP contribution in [0.1, 0.15) is 27.2 Å². The maximum Gasteiger partial charge on any atom is 0.254 e. The van der Waals surface area contributed by atoms with Gasteiger partial charge in [0.2, 0.25) is 5.12 Å². The predicted octanol–water partition coefficient (Wildman–Crippen LogP) is 2.52. The molecule has 0 fully saturated rings. The van der Waals surface area contributed by atoms with Gasteiger partial charge in [-0.2, -0.15) is 0 Å². The first kappa shape index (κ1) is 15.3. The summed E-state index contributed by atoms with van der Waals surface area (Å²) in [4.78, 5) is 22.1. The Labute approximate surface area is 99.0 Å². The molecule has 0 unspecified atom stereocenters. The Balaban J connectivity index is 4.34. The number of ketones is 1. The summed E-state index contributed by atoms with van der Waals surface area (Å²) < 4.78 is 10.5. The lowest BCUT2D eigenvalue weighted by molar-refractivity contribution is -0.121. The minimum atomic E-state index is -2.58. The van der Waals surface area contributed by atoms with Gasteiger partial charge in [-0.25, -0.2) is 0 Å². The second-order valence-corrected chi connectivity index (χ2v) is 8.80. The third-order valence-corrected chi connectivity index (χ3v) is 6.12. The predicted molar refractivity (Wildman–Crippen MR) is 65.4 cm³/mol. The first-order valence-corrected chi connectivity index (χ1v) is 8.60. The highest BCUT2D eigenvalue weighted by molar-refractivity contribution is 8.73. The van der Waals surface area contributed by atoms with Crippen LogP contribution in [0.5, 0.6) is 0 Å². The number of hydrogen-bond acceptors (Lipinski definition) is 6. The summed E-state index contributed by atoms with van der Waals surface area (Å²) in [6.07, 6.45) is -0.122. The zero-order valence-electron chi connectivity index (χ0n) is 9.02. The second-order valence-electron chi connectivity index (χ2n) is 2.62. The molecule has 0 aromatic rings. The van der Waals surface area contributed by atoms with Gasteiger partial charge in [-0.1, -0.05) is 0 Å². The quantitative estimate of drug-likeness (QED) is 0.523. The lowest BCUT2D eigenvalue weighted by Crippen LogP contribution is -2.01. The van der Waals surface area contributed by atoms with Crippen LogP contribution in [0.15, 0.2) is 0 Å². The van der Waals surface area contributed by atoms with E-state index in [2.05, 4.69) is 0 Å². The summed E-state index contributed by atoms with van der Waals surface area (Å²) in [5.74, 6) is -0.179. The second kappa shape index (κ2) is 7.52. The van der Waals surface area contributed by atoms with Gasteiger partial charge < -0.3 is 9.05 Å². The largest absolute Gasteiger partial charge is 0.322 e. The fourth-order valence-electron chi connectivity index (χ4n) is 0.766. The first-order chi connectivity index (χ1) is 6.93. The summed E-state index contributed by atoms with van der Waals surface area (Å²) in [6, 6.07) is 0. The van der Waals surface area contributed by atoms with Crippen molar-refractivity contribution >= 4 is 39.8 Å². The van der Waals surface area contributed by atoms with Gasteiger partial charge in [0.1, 0.15) is 5.78 Å². The van der Waals surface area contributed by atoms with Crippen LogP contribution in [0.25, 0.3) is 0 Å². The van der Waals surface area contributed by atoms with Gasteiger partial charge in [0.05, 0.1) is 19.6 Å². The molecular weight excluding hydrogens is 255 g/mol. The molecule has 0 heterocycles. The lowest BCUT2D eigenvalue weighted by atomic mass is 10.3. The molecule has 7 heteroatoms. The fourth-order valence-corrected chi connectivity index (χ4v) is 5.37. The van der Waals surface area contributed by atoms with Crippen LogP contribution in [0.2, 0.25) is 0 Å². The number of Topliss-reactive ketones (excluding diaryl/α,β-unsaturated/α-hetero) is 1. The highest BCUT2D eigenvalue weighted by Gasteiger charge is 2.24. The third-order valence-electron chi connectivity index (χ3n) is 1.18. The summed E-state index contributed by atoms with van der Waals surface area (Å²) >= 11 is 5.97. The van der Waals surface area contributed by atoms with Crippen LogP contribution in [0, 0.1) is 0 Å². The molecule has 0 N–H and O–H groups in total. The molecule has 0 radical (unpaired) electrons. The van der Waals surface area contributed by atoms with E-state index in [-0.39, 0.29) is 17.3 Å². The zero-order chi connectivity index (χ0) is 11.9. The van der Waals surface area contributed by atoms with Crippen molar-refractivity contribution in [2.75, 3.05) is 13.2 Å². The van der Waals surface area contributed by atoms with E-state index in [9.17, 15) is 9.59 Å². The van der Waals surface area contributed by atoms with E-state index in [0.29, 0.717) is 13.2 Å². The van der Waals surface area contributed by atoms with Crippen LogP contribution in [0.4, 0.5) is 0 Å². The molecule has 4 nitrogen and oxygen atoms in total. The van der Waals surface area contributed by atoms with E-state index in [0.717, 1.165) is 11.4 Å². The van der Waals surface area contributed by atoms with Crippen molar-refractivity contribution in [2.24, 2.45) is 0 Å². The number of rotatable bonds is 7. The number of carbonyl (C=O) groups excluding carboxylic acids is 2. The van der Waals surface area contributed by atoms with Gasteiger partial charge >= 0.3 is 0 Å². The molecule has 15 heavy (non-hydrogen) atoms. The fraction of sp³-hybridized carbons (Fsp3) is 0.750. The maximum atomic E-state index is 11.4. The lowest BCUT2D eigenvalue weighted by Gasteiger charge is -2.18. The molecule has 0 saturated heterocycles. The Hall–Kier alpha value is 0.260. The Morgan fingerprint density at radius 2 is 1.73 bits per heavy atom. The highest BCUT2D eigenvalue weighted by Crippen LogP contribution is 2.61. The van der Waals surface area contributed by atoms with Crippen LogP contribution < -0.4 is 0 Å². The van der Waals surface area contributed by atoms with Crippen molar-refractivity contribution < 1.29 is 18.6 Å². The zero-order valence-corrected chi connectivity index (χ0v) is 11.5. The van der Waals surface area contributed by atoms with Crippen LogP contribution in [-0.2, 0) is 30.4 Å². The summed E-state index contributed by atoms with van der Waals surface area (Å²) in [7, 11) is 0. The Morgan fingerprint density at radius 3 is 2.07 bits per heavy atom. The van der Waals surface area contributed by atoms with Gasteiger partial charge in [-0.05, 0) is 32.6 Å². The van der Waals surface area contributed by atoms with Crippen molar-refractivity contribution in [3.63, 3.8) is 0 Å². The minimum absolute atomic E-state index is 0.122. The van der Waals surface area contributed by atoms with E-state index in [1.807, 2.05) is 0 Å². The molecule has 0 aliphatic rings. The molecular formula is C8H15O4PS2. The Morgan fingerprint density at radius 1 is 1.27 bits per heavy atom. The molecule has 0 aromatic heterocycles. The number of carbonyl (C=O) groups is 2. The molecule has 0 aliphatic heterocycles. The normalized spacial score (nSPS) is 11.4. The van der Waals surface area contributed by atoms with Gasteiger partial charge in [0.15, 0.2) is 0 Å². The van der Waals surface area contributed by atoms with Crippen LogP contribution in [-0.4, -0.2) is 24.1 Å². The van der Waals surface area contributed by atoms with Crippen molar-refractivity contribution in [3.8, 4) is 0 Å². The highest BCUT2D eigenvalue weighted by atomic mass is 32.9. The van der Waals surface area contributed by atoms with Gasteiger partial charge in [0, 0.05) is 11.4 Å². The van der Waals surface area contributed by atoms with Crippen molar-refractivity contribution in [1.82, 2.24) is 0 Å². The molecule has 0 spiro atoms. The summed E-state index contributed by atoms with van der Waals surface area (Å²) in [5, 5.41) is -0.285. The van der Waals surface area contributed by atoms with Gasteiger partial charge in [-0.3, -0.25) is 9.59 Å². The average Bonchev–Trinajstić information content (AvgIpc) is 2.01. The maximum absolute atomic E-state index is 11.4. The van der Waals surface area contributed by atoms with Crippen molar-refractivity contribution in [3.05, 3.63) is 0 Å².